The molecule has 0 bridgehead atoms. The van der Waals surface area contributed by atoms with Crippen LogP contribution in [-0.4, -0.2) is 21.5 Å². The monoisotopic (exact) mass is 254 g/mol. The van der Waals surface area contributed by atoms with Crippen molar-refractivity contribution in [2.75, 3.05) is 6.54 Å². The fourth-order valence-electron chi connectivity index (χ4n) is 2.44. The van der Waals surface area contributed by atoms with Crippen LogP contribution in [0.15, 0.2) is 30.5 Å². The summed E-state index contributed by atoms with van der Waals surface area (Å²) in [6, 6.07) is 8.29. The van der Waals surface area contributed by atoms with Crippen molar-refractivity contribution in [2.24, 2.45) is 5.73 Å². The molecule has 2 heterocycles. The largest absolute Gasteiger partial charge is 0.360 e. The lowest BCUT2D eigenvalue weighted by atomic mass is 10.1. The number of H-pyrrole nitrogens is 2. The van der Waals surface area contributed by atoms with E-state index in [-0.39, 0.29) is 0 Å². The molecule has 0 aliphatic carbocycles. The Morgan fingerprint density at radius 1 is 1.26 bits per heavy atom. The van der Waals surface area contributed by atoms with Crippen molar-refractivity contribution in [2.45, 2.75) is 19.8 Å². The lowest BCUT2D eigenvalue weighted by Gasteiger charge is -1.96. The van der Waals surface area contributed by atoms with Crippen molar-refractivity contribution in [1.82, 2.24) is 15.0 Å². The highest BCUT2D eigenvalue weighted by Gasteiger charge is 2.12. The molecule has 0 amide bonds. The number of aromatic amines is 2. The number of nitrogens with one attached hydrogen (secondary N) is 2. The van der Waals surface area contributed by atoms with E-state index in [9.17, 15) is 0 Å². The minimum atomic E-state index is 0.697. The number of hydrogen-bond acceptors (Lipinski definition) is 2. The summed E-state index contributed by atoms with van der Waals surface area (Å²) in [6.45, 7) is 2.76. The van der Waals surface area contributed by atoms with Crippen molar-refractivity contribution < 1.29 is 0 Å². The van der Waals surface area contributed by atoms with Gasteiger partial charge in [0.15, 0.2) is 0 Å². The molecule has 4 nitrogen and oxygen atoms in total. The first-order valence-corrected chi connectivity index (χ1v) is 6.61. The maximum atomic E-state index is 5.54. The van der Waals surface area contributed by atoms with Gasteiger partial charge in [-0.25, -0.2) is 4.98 Å². The van der Waals surface area contributed by atoms with Crippen LogP contribution >= 0.6 is 0 Å². The van der Waals surface area contributed by atoms with Gasteiger partial charge in [0, 0.05) is 34.8 Å². The molecule has 0 saturated carbocycles. The Hall–Kier alpha value is -2.07. The summed E-state index contributed by atoms with van der Waals surface area (Å²) in [7, 11) is 0. The molecule has 0 fully saturated rings. The number of imidazole rings is 1. The fraction of sp³-hybridized carbons (Fsp3) is 0.267. The van der Waals surface area contributed by atoms with E-state index in [4.69, 9.17) is 10.7 Å². The second kappa shape index (κ2) is 4.90. The fourth-order valence-corrected chi connectivity index (χ4v) is 2.44. The van der Waals surface area contributed by atoms with E-state index in [1.165, 1.54) is 5.39 Å². The van der Waals surface area contributed by atoms with Crippen LogP contribution in [0.25, 0.3) is 22.2 Å². The molecule has 2 aromatic heterocycles. The molecule has 0 aliphatic rings. The normalized spacial score (nSPS) is 11.3. The maximum absolute atomic E-state index is 5.54. The second-order valence-corrected chi connectivity index (χ2v) is 4.80. The SMILES string of the molecule is Cc1[nH]c(CCCN)nc1-c1c[nH]c2ccccc12. The van der Waals surface area contributed by atoms with Gasteiger partial charge >= 0.3 is 0 Å². The van der Waals surface area contributed by atoms with Gasteiger partial charge in [0.1, 0.15) is 5.82 Å². The molecule has 0 aliphatic heterocycles. The summed E-state index contributed by atoms with van der Waals surface area (Å²) in [6.07, 6.45) is 3.89. The third-order valence-corrected chi connectivity index (χ3v) is 3.40. The first kappa shape index (κ1) is 12.0. The average molecular weight is 254 g/mol. The van der Waals surface area contributed by atoms with Crippen LogP contribution in [0.1, 0.15) is 17.9 Å². The van der Waals surface area contributed by atoms with Crippen molar-refractivity contribution in [3.05, 3.63) is 42.0 Å². The summed E-state index contributed by atoms with van der Waals surface area (Å²) in [5.41, 5.74) is 9.98. The Morgan fingerprint density at radius 2 is 2.11 bits per heavy atom. The first-order chi connectivity index (χ1) is 9.29. The standard InChI is InChI=1S/C15H18N4/c1-10-15(19-14(18-10)7-4-8-16)12-9-17-13-6-3-2-5-11(12)13/h2-3,5-6,9,17H,4,7-8,16H2,1H3,(H,18,19). The van der Waals surface area contributed by atoms with E-state index in [0.29, 0.717) is 6.54 Å². The summed E-state index contributed by atoms with van der Waals surface area (Å²) in [5, 5.41) is 1.21. The van der Waals surface area contributed by atoms with E-state index >= 15 is 0 Å². The van der Waals surface area contributed by atoms with Crippen LogP contribution in [0.2, 0.25) is 0 Å². The highest BCUT2D eigenvalue weighted by molar-refractivity contribution is 5.95. The van der Waals surface area contributed by atoms with Gasteiger partial charge in [0.2, 0.25) is 0 Å². The number of rotatable bonds is 4. The minimum Gasteiger partial charge on any atom is -0.360 e. The van der Waals surface area contributed by atoms with E-state index in [0.717, 1.165) is 41.1 Å². The van der Waals surface area contributed by atoms with Gasteiger partial charge in [0.25, 0.3) is 0 Å². The molecule has 3 aromatic rings. The van der Waals surface area contributed by atoms with Crippen LogP contribution in [0.5, 0.6) is 0 Å². The smallest absolute Gasteiger partial charge is 0.107 e. The van der Waals surface area contributed by atoms with Crippen LogP contribution in [0, 0.1) is 6.92 Å². The van der Waals surface area contributed by atoms with E-state index in [1.54, 1.807) is 0 Å². The number of aryl methyl sites for hydroxylation is 2. The third-order valence-electron chi connectivity index (χ3n) is 3.40. The molecule has 0 atom stereocenters. The Bertz CT molecular complexity index is 693. The van der Waals surface area contributed by atoms with Gasteiger partial charge < -0.3 is 15.7 Å². The number of nitrogens with two attached hydrogens (primary N) is 1. The van der Waals surface area contributed by atoms with Crippen LogP contribution in [-0.2, 0) is 6.42 Å². The lowest BCUT2D eigenvalue weighted by Crippen LogP contribution is -2.01. The summed E-state index contributed by atoms with van der Waals surface area (Å²) in [5.74, 6) is 1.02. The van der Waals surface area contributed by atoms with Crippen LogP contribution in [0.4, 0.5) is 0 Å². The van der Waals surface area contributed by atoms with Crippen molar-refractivity contribution in [3.8, 4) is 11.3 Å². The lowest BCUT2D eigenvalue weighted by molar-refractivity contribution is 0.792. The Kier molecular flexibility index (Phi) is 3.09. The van der Waals surface area contributed by atoms with Gasteiger partial charge in [0.05, 0.1) is 5.69 Å². The number of hydrogen-bond donors (Lipinski definition) is 3. The van der Waals surface area contributed by atoms with Crippen molar-refractivity contribution >= 4 is 10.9 Å². The second-order valence-electron chi connectivity index (χ2n) is 4.80. The van der Waals surface area contributed by atoms with Gasteiger partial charge in [-0.1, -0.05) is 18.2 Å². The zero-order chi connectivity index (χ0) is 13.2. The topological polar surface area (TPSA) is 70.5 Å². The Morgan fingerprint density at radius 3 is 2.95 bits per heavy atom. The quantitative estimate of drug-likeness (QED) is 0.670. The van der Waals surface area contributed by atoms with Crippen LogP contribution < -0.4 is 5.73 Å². The maximum Gasteiger partial charge on any atom is 0.107 e. The summed E-state index contributed by atoms with van der Waals surface area (Å²) >= 11 is 0. The van der Waals surface area contributed by atoms with E-state index in [2.05, 4.69) is 35.1 Å². The number of para-hydroxylation sites is 1. The molecule has 4 N–H and O–H groups in total. The van der Waals surface area contributed by atoms with Gasteiger partial charge in [-0.15, -0.1) is 0 Å². The molecule has 0 saturated heterocycles. The molecule has 0 unspecified atom stereocenters. The van der Waals surface area contributed by atoms with Gasteiger partial charge in [-0.05, 0) is 26.0 Å². The number of benzene rings is 1. The third kappa shape index (κ3) is 2.15. The molecule has 19 heavy (non-hydrogen) atoms. The van der Waals surface area contributed by atoms with Crippen molar-refractivity contribution in [3.63, 3.8) is 0 Å². The van der Waals surface area contributed by atoms with E-state index < -0.39 is 0 Å². The Labute approximate surface area is 112 Å². The zero-order valence-corrected chi connectivity index (χ0v) is 11.0. The van der Waals surface area contributed by atoms with Gasteiger partial charge in [-0.3, -0.25) is 0 Å². The average Bonchev–Trinajstić information content (AvgIpc) is 2.99. The number of aromatic nitrogens is 3. The predicted molar refractivity (Wildman–Crippen MR) is 78.0 cm³/mol. The van der Waals surface area contributed by atoms with Crippen molar-refractivity contribution in [1.29, 1.82) is 0 Å². The summed E-state index contributed by atoms with van der Waals surface area (Å²) in [4.78, 5) is 11.4. The number of fused-ring (bicyclic) bond motifs is 1. The molecule has 0 radical (unpaired) electrons. The number of nitrogens with zero attached hydrogens (tertiary/aromatic N) is 1. The molecular formula is C15H18N4. The Balaban J connectivity index is 2.04. The molecule has 0 spiro atoms. The van der Waals surface area contributed by atoms with Gasteiger partial charge in [-0.2, -0.15) is 0 Å². The van der Waals surface area contributed by atoms with E-state index in [1.807, 2.05) is 12.3 Å². The minimum absolute atomic E-state index is 0.697. The zero-order valence-electron chi connectivity index (χ0n) is 11.0. The first-order valence-electron chi connectivity index (χ1n) is 6.61. The molecule has 4 heteroatoms. The highest BCUT2D eigenvalue weighted by atomic mass is 14.9. The van der Waals surface area contributed by atoms with Crippen LogP contribution in [0.3, 0.4) is 0 Å². The molecule has 3 rings (SSSR count). The summed E-state index contributed by atoms with van der Waals surface area (Å²) < 4.78 is 0. The molecule has 98 valence electrons. The molecular weight excluding hydrogens is 236 g/mol. The highest BCUT2D eigenvalue weighted by Crippen LogP contribution is 2.29. The molecule has 1 aromatic carbocycles. The predicted octanol–water partition coefficient (Wildman–Crippen LogP) is 2.76.